The van der Waals surface area contributed by atoms with Gasteiger partial charge in [0.1, 0.15) is 17.2 Å². The first-order valence-corrected chi connectivity index (χ1v) is 12.6. The van der Waals surface area contributed by atoms with Gasteiger partial charge in [0.05, 0.1) is 22.9 Å². The summed E-state index contributed by atoms with van der Waals surface area (Å²) in [7, 11) is -4.53. The van der Waals surface area contributed by atoms with Crippen LogP contribution in [0, 0.1) is 13.8 Å². The van der Waals surface area contributed by atoms with Gasteiger partial charge in [0.2, 0.25) is 5.91 Å². The molecule has 0 fully saturated rings. The van der Waals surface area contributed by atoms with Crippen molar-refractivity contribution in [1.82, 2.24) is 0 Å². The Bertz CT molecular complexity index is 1360. The van der Waals surface area contributed by atoms with Crippen LogP contribution in [0.1, 0.15) is 23.6 Å². The first-order valence-electron chi connectivity index (χ1n) is 10.8. The highest BCUT2D eigenvalue weighted by Gasteiger charge is 2.34. The second kappa shape index (κ2) is 10.8. The van der Waals surface area contributed by atoms with Crippen LogP contribution in [-0.2, 0) is 21.0 Å². The minimum Gasteiger partial charge on any atom is -0.494 e. The molecule has 3 aromatic rings. The van der Waals surface area contributed by atoms with Crippen molar-refractivity contribution in [3.05, 3.63) is 82.4 Å². The Labute approximate surface area is 212 Å². The second-order valence-corrected chi connectivity index (χ2v) is 10.1. The zero-order valence-corrected chi connectivity index (χ0v) is 21.3. The number of carbonyl (C=O) groups excluding carboxylic acids is 1. The zero-order chi connectivity index (χ0) is 26.7. The fourth-order valence-corrected chi connectivity index (χ4v) is 5.44. The number of hydrogen-bond donors (Lipinski definition) is 1. The lowest BCUT2D eigenvalue weighted by molar-refractivity contribution is -0.137. The second-order valence-electron chi connectivity index (χ2n) is 7.88. The topological polar surface area (TPSA) is 75.7 Å². The van der Waals surface area contributed by atoms with E-state index < -0.39 is 44.1 Å². The molecule has 0 heterocycles. The largest absolute Gasteiger partial charge is 0.494 e. The fraction of sp³-hybridized carbons (Fsp3) is 0.240. The Morgan fingerprint density at radius 2 is 1.72 bits per heavy atom. The van der Waals surface area contributed by atoms with E-state index in [1.807, 2.05) is 6.92 Å². The molecule has 0 aliphatic heterocycles. The molecule has 1 amide bonds. The molecule has 1 N–H and O–H groups in total. The van der Waals surface area contributed by atoms with Crippen LogP contribution in [0.2, 0.25) is 5.02 Å². The summed E-state index contributed by atoms with van der Waals surface area (Å²) >= 11 is 6.01. The average Bonchev–Trinajstić information content (AvgIpc) is 2.80. The average molecular weight is 541 g/mol. The van der Waals surface area contributed by atoms with Crippen LogP contribution in [0.3, 0.4) is 0 Å². The first kappa shape index (κ1) is 27.3. The van der Waals surface area contributed by atoms with E-state index in [0.717, 1.165) is 15.9 Å². The molecule has 0 aliphatic rings. The molecular formula is C25H24ClF3N2O4S. The van der Waals surface area contributed by atoms with E-state index in [1.54, 1.807) is 50.2 Å². The third-order valence-corrected chi connectivity index (χ3v) is 7.65. The number of anilines is 2. The molecule has 11 heteroatoms. The number of alkyl halides is 3. The molecule has 0 unspecified atom stereocenters. The predicted molar refractivity (Wildman–Crippen MR) is 133 cm³/mol. The summed E-state index contributed by atoms with van der Waals surface area (Å²) in [6.07, 6.45) is -4.70. The van der Waals surface area contributed by atoms with Gasteiger partial charge in [0.25, 0.3) is 10.0 Å². The van der Waals surface area contributed by atoms with Gasteiger partial charge in [-0.15, -0.1) is 0 Å². The minimum atomic E-state index is -4.70. The molecule has 3 aromatic carbocycles. The maximum absolute atomic E-state index is 13.6. The van der Waals surface area contributed by atoms with Crippen molar-refractivity contribution < 1.29 is 31.1 Å². The van der Waals surface area contributed by atoms with Gasteiger partial charge in [-0.2, -0.15) is 13.2 Å². The van der Waals surface area contributed by atoms with Crippen LogP contribution in [0.5, 0.6) is 5.75 Å². The van der Waals surface area contributed by atoms with Crippen molar-refractivity contribution >= 4 is 38.9 Å². The molecule has 0 saturated carbocycles. The van der Waals surface area contributed by atoms with Crippen molar-refractivity contribution in [3.63, 3.8) is 0 Å². The number of amides is 1. The normalized spacial score (nSPS) is 11.8. The molecule has 192 valence electrons. The molecule has 0 spiro atoms. The molecule has 36 heavy (non-hydrogen) atoms. The molecule has 6 nitrogen and oxygen atoms in total. The molecule has 0 saturated heterocycles. The van der Waals surface area contributed by atoms with Gasteiger partial charge in [0, 0.05) is 5.69 Å². The monoisotopic (exact) mass is 540 g/mol. The summed E-state index contributed by atoms with van der Waals surface area (Å²) in [4.78, 5) is 12.4. The van der Waals surface area contributed by atoms with Gasteiger partial charge in [-0.3, -0.25) is 9.10 Å². The highest BCUT2D eigenvalue weighted by atomic mass is 35.5. The van der Waals surface area contributed by atoms with Gasteiger partial charge in [-0.1, -0.05) is 23.7 Å². The third-order valence-electron chi connectivity index (χ3n) is 5.41. The summed E-state index contributed by atoms with van der Waals surface area (Å²) in [5.41, 5.74) is 0.872. The third kappa shape index (κ3) is 6.11. The van der Waals surface area contributed by atoms with Crippen LogP contribution >= 0.6 is 11.6 Å². The van der Waals surface area contributed by atoms with E-state index in [2.05, 4.69) is 5.32 Å². The molecular weight excluding hydrogens is 517 g/mol. The maximum Gasteiger partial charge on any atom is 0.416 e. The number of nitrogens with zero attached hydrogens (tertiary/aromatic N) is 1. The molecule has 0 aromatic heterocycles. The molecule has 0 radical (unpaired) electrons. The Balaban J connectivity index is 2.00. The minimum absolute atomic E-state index is 0.202. The van der Waals surface area contributed by atoms with Gasteiger partial charge in [-0.25, -0.2) is 8.42 Å². The number of sulfonamides is 1. The number of hydrogen-bond acceptors (Lipinski definition) is 4. The van der Waals surface area contributed by atoms with E-state index in [9.17, 15) is 26.4 Å². The summed E-state index contributed by atoms with van der Waals surface area (Å²) < 4.78 is 72.8. The van der Waals surface area contributed by atoms with Gasteiger partial charge in [-0.05, 0) is 80.4 Å². The lowest BCUT2D eigenvalue weighted by Gasteiger charge is -2.27. The van der Waals surface area contributed by atoms with E-state index in [4.69, 9.17) is 16.3 Å². The number of halogens is 4. The van der Waals surface area contributed by atoms with E-state index in [-0.39, 0.29) is 5.69 Å². The fourth-order valence-electron chi connectivity index (χ4n) is 3.44. The van der Waals surface area contributed by atoms with Crippen molar-refractivity contribution in [2.75, 3.05) is 22.8 Å². The van der Waals surface area contributed by atoms with Gasteiger partial charge in [0.15, 0.2) is 0 Å². The summed E-state index contributed by atoms with van der Waals surface area (Å²) in [5, 5.41) is 2.03. The number of carbonyl (C=O) groups is 1. The number of rotatable bonds is 8. The summed E-state index contributed by atoms with van der Waals surface area (Å²) in [6.45, 7) is 5.12. The number of benzene rings is 3. The predicted octanol–water partition coefficient (Wildman–Crippen LogP) is 6.21. The van der Waals surface area contributed by atoms with Crippen molar-refractivity contribution in [2.24, 2.45) is 0 Å². The van der Waals surface area contributed by atoms with Gasteiger partial charge >= 0.3 is 6.18 Å². The zero-order valence-electron chi connectivity index (χ0n) is 19.7. The standard InChI is InChI=1S/C25H24ClF3N2O4S/c1-4-35-20-11-9-19(10-12-20)30-24(32)15-31(22-7-5-6-16(2)17(22)3)36(33,34)23-13-8-18(14-21(23)26)25(27,28)29/h5-14H,4,15H2,1-3H3,(H,30,32). The van der Waals surface area contributed by atoms with Crippen molar-refractivity contribution in [1.29, 1.82) is 0 Å². The van der Waals surface area contributed by atoms with Crippen LogP contribution in [0.4, 0.5) is 24.5 Å². The highest BCUT2D eigenvalue weighted by Crippen LogP contribution is 2.36. The lowest BCUT2D eigenvalue weighted by atomic mass is 10.1. The number of aryl methyl sites for hydroxylation is 1. The Hall–Kier alpha value is -3.24. The summed E-state index contributed by atoms with van der Waals surface area (Å²) in [6, 6.07) is 13.4. The lowest BCUT2D eigenvalue weighted by Crippen LogP contribution is -2.38. The van der Waals surface area contributed by atoms with Crippen LogP contribution in [0.25, 0.3) is 0 Å². The van der Waals surface area contributed by atoms with E-state index >= 15 is 0 Å². The van der Waals surface area contributed by atoms with Crippen molar-refractivity contribution in [3.8, 4) is 5.75 Å². The van der Waals surface area contributed by atoms with Crippen LogP contribution in [-0.4, -0.2) is 27.5 Å². The maximum atomic E-state index is 13.6. The summed E-state index contributed by atoms with van der Waals surface area (Å²) in [5.74, 6) is -0.0568. The molecule has 0 atom stereocenters. The Kier molecular flexibility index (Phi) is 8.20. The SMILES string of the molecule is CCOc1ccc(NC(=O)CN(c2cccc(C)c2C)S(=O)(=O)c2ccc(C(F)(F)F)cc2Cl)cc1. The first-order chi connectivity index (χ1) is 16.8. The smallest absolute Gasteiger partial charge is 0.416 e. The highest BCUT2D eigenvalue weighted by molar-refractivity contribution is 7.93. The Morgan fingerprint density at radius 1 is 1.06 bits per heavy atom. The van der Waals surface area contributed by atoms with E-state index in [1.165, 1.54) is 6.07 Å². The van der Waals surface area contributed by atoms with E-state index in [0.29, 0.717) is 35.7 Å². The Morgan fingerprint density at radius 3 is 2.31 bits per heavy atom. The van der Waals surface area contributed by atoms with Crippen LogP contribution in [0.15, 0.2) is 65.6 Å². The van der Waals surface area contributed by atoms with Gasteiger partial charge < -0.3 is 10.1 Å². The number of nitrogens with one attached hydrogen (secondary N) is 1. The molecule has 3 rings (SSSR count). The molecule has 0 bridgehead atoms. The quantitative estimate of drug-likeness (QED) is 0.369. The van der Waals surface area contributed by atoms with Crippen LogP contribution < -0.4 is 14.4 Å². The number of ether oxygens (including phenoxy) is 1. The van der Waals surface area contributed by atoms with Crippen molar-refractivity contribution in [2.45, 2.75) is 31.8 Å². The molecule has 0 aliphatic carbocycles.